The van der Waals surface area contributed by atoms with Crippen molar-refractivity contribution in [2.75, 3.05) is 6.61 Å². The largest absolute Gasteiger partial charge is 0.440 e. The van der Waals surface area contributed by atoms with E-state index in [1.807, 2.05) is 24.3 Å². The van der Waals surface area contributed by atoms with E-state index in [-0.39, 0.29) is 11.9 Å². The summed E-state index contributed by atoms with van der Waals surface area (Å²) < 4.78 is 14.2. The van der Waals surface area contributed by atoms with E-state index < -0.39 is 4.92 Å². The van der Waals surface area contributed by atoms with Crippen molar-refractivity contribution in [3.8, 4) is 6.01 Å². The van der Waals surface area contributed by atoms with Gasteiger partial charge in [0.15, 0.2) is 0 Å². The normalized spacial score (nSPS) is 16.9. The zero-order valence-electron chi connectivity index (χ0n) is 11.6. The number of hydrogen-bond donors (Lipinski definition) is 0. The van der Waals surface area contributed by atoms with Crippen molar-refractivity contribution in [3.63, 3.8) is 0 Å². The van der Waals surface area contributed by atoms with Gasteiger partial charge in [-0.1, -0.05) is 12.1 Å². The van der Waals surface area contributed by atoms with E-state index in [9.17, 15) is 10.1 Å². The molecule has 8 heteroatoms. The molecule has 2 heterocycles. The minimum Gasteiger partial charge on any atom is -0.440 e. The van der Waals surface area contributed by atoms with Gasteiger partial charge in [0.1, 0.15) is 12.3 Å². The Hall–Kier alpha value is -1.68. The van der Waals surface area contributed by atoms with E-state index in [4.69, 9.17) is 9.47 Å². The molecule has 3 rings (SSSR count). The van der Waals surface area contributed by atoms with Crippen LogP contribution in [0.5, 0.6) is 6.01 Å². The summed E-state index contributed by atoms with van der Waals surface area (Å²) in [6, 6.07) is 8.42. The van der Waals surface area contributed by atoms with E-state index in [2.05, 4.69) is 27.6 Å². The van der Waals surface area contributed by atoms with E-state index >= 15 is 0 Å². The van der Waals surface area contributed by atoms with E-state index in [0.717, 1.165) is 12.0 Å². The van der Waals surface area contributed by atoms with Crippen LogP contribution in [-0.4, -0.2) is 27.2 Å². The van der Waals surface area contributed by atoms with E-state index in [0.29, 0.717) is 25.8 Å². The summed E-state index contributed by atoms with van der Waals surface area (Å²) >= 11 is 2.26. The van der Waals surface area contributed by atoms with Crippen LogP contribution in [0.15, 0.2) is 30.5 Å². The molecule has 22 heavy (non-hydrogen) atoms. The summed E-state index contributed by atoms with van der Waals surface area (Å²) in [4.78, 5) is 14.0. The topological polar surface area (TPSA) is 79.4 Å². The van der Waals surface area contributed by atoms with Crippen LogP contribution in [0.1, 0.15) is 12.0 Å². The third kappa shape index (κ3) is 3.55. The smallest absolute Gasteiger partial charge is 0.414 e. The summed E-state index contributed by atoms with van der Waals surface area (Å²) in [6.07, 6.45) is 2.02. The third-order valence-electron chi connectivity index (χ3n) is 3.36. The summed E-state index contributed by atoms with van der Waals surface area (Å²) in [6.45, 7) is 1.60. The number of ether oxygens (including phenoxy) is 2. The SMILES string of the molecule is O=[N+]([O-])c1cn2c(n1)OC(COCc1ccc(I)cc1)CC2. The lowest BCUT2D eigenvalue weighted by atomic mass is 10.2. The second kappa shape index (κ2) is 6.61. The monoisotopic (exact) mass is 415 g/mol. The van der Waals surface area contributed by atoms with Gasteiger partial charge in [0, 0.05) is 21.5 Å². The molecule has 2 aromatic rings. The number of aromatic nitrogens is 2. The standard InChI is InChI=1S/C14H14IN3O4/c15-11-3-1-10(2-4-11)8-21-9-12-5-6-17-7-13(18(19)20)16-14(17)22-12/h1-4,7,12H,5-6,8-9H2. The molecule has 1 aromatic heterocycles. The van der Waals surface area contributed by atoms with Crippen molar-refractivity contribution in [2.24, 2.45) is 0 Å². The fourth-order valence-corrected chi connectivity index (χ4v) is 2.58. The van der Waals surface area contributed by atoms with E-state index in [1.165, 1.54) is 9.77 Å². The number of benzene rings is 1. The molecular weight excluding hydrogens is 401 g/mol. The van der Waals surface area contributed by atoms with Crippen LogP contribution in [-0.2, 0) is 17.9 Å². The molecule has 1 atom stereocenters. The number of rotatable bonds is 5. The van der Waals surface area contributed by atoms with Gasteiger partial charge in [0.05, 0.1) is 13.2 Å². The summed E-state index contributed by atoms with van der Waals surface area (Å²) in [5.41, 5.74) is 1.10. The summed E-state index contributed by atoms with van der Waals surface area (Å²) in [5, 5.41) is 10.7. The van der Waals surface area contributed by atoms with Crippen LogP contribution in [0.4, 0.5) is 5.82 Å². The maximum Gasteiger partial charge on any atom is 0.414 e. The molecule has 0 saturated heterocycles. The molecule has 0 fully saturated rings. The van der Waals surface area contributed by atoms with Crippen molar-refractivity contribution in [3.05, 3.63) is 49.7 Å². The average molecular weight is 415 g/mol. The number of nitrogens with zero attached hydrogens (tertiary/aromatic N) is 3. The molecule has 0 aliphatic carbocycles. The number of fused-ring (bicyclic) bond motifs is 1. The molecule has 0 saturated carbocycles. The Kier molecular flexibility index (Phi) is 4.57. The molecule has 0 N–H and O–H groups in total. The van der Waals surface area contributed by atoms with Crippen LogP contribution in [0, 0.1) is 13.7 Å². The highest BCUT2D eigenvalue weighted by Gasteiger charge is 2.28. The van der Waals surface area contributed by atoms with Gasteiger partial charge in [-0.15, -0.1) is 0 Å². The minimum atomic E-state index is -0.517. The lowest BCUT2D eigenvalue weighted by molar-refractivity contribution is -0.389. The molecule has 0 bridgehead atoms. The van der Waals surface area contributed by atoms with Crippen LogP contribution in [0.2, 0.25) is 0 Å². The van der Waals surface area contributed by atoms with Crippen LogP contribution in [0.25, 0.3) is 0 Å². The number of hydrogen-bond acceptors (Lipinski definition) is 5. The van der Waals surface area contributed by atoms with Crippen molar-refractivity contribution < 1.29 is 14.4 Å². The van der Waals surface area contributed by atoms with Crippen molar-refractivity contribution >= 4 is 28.4 Å². The second-order valence-corrected chi connectivity index (χ2v) is 6.25. The molecule has 1 aliphatic heterocycles. The van der Waals surface area contributed by atoms with Crippen molar-refractivity contribution in [2.45, 2.75) is 25.7 Å². The number of aryl methyl sites for hydroxylation is 1. The highest BCUT2D eigenvalue weighted by atomic mass is 127. The Labute approximate surface area is 140 Å². The fourth-order valence-electron chi connectivity index (χ4n) is 2.23. The quantitative estimate of drug-likeness (QED) is 0.426. The van der Waals surface area contributed by atoms with Gasteiger partial charge in [-0.05, 0) is 45.2 Å². The molecule has 0 spiro atoms. The first kappa shape index (κ1) is 15.2. The zero-order chi connectivity index (χ0) is 15.5. The van der Waals surface area contributed by atoms with Gasteiger partial charge in [-0.25, -0.2) is 0 Å². The molecule has 1 unspecified atom stereocenters. The first-order chi connectivity index (χ1) is 10.6. The molecule has 1 aromatic carbocycles. The Balaban J connectivity index is 1.52. The minimum absolute atomic E-state index is 0.127. The Morgan fingerprint density at radius 2 is 2.23 bits per heavy atom. The predicted molar refractivity (Wildman–Crippen MR) is 86.7 cm³/mol. The Morgan fingerprint density at radius 1 is 1.45 bits per heavy atom. The molecule has 0 radical (unpaired) electrons. The number of imidazole rings is 1. The second-order valence-electron chi connectivity index (χ2n) is 5.00. The molecular formula is C14H14IN3O4. The van der Waals surface area contributed by atoms with Gasteiger partial charge < -0.3 is 19.6 Å². The Bertz CT molecular complexity index is 671. The first-order valence-electron chi connectivity index (χ1n) is 6.82. The third-order valence-corrected chi connectivity index (χ3v) is 4.08. The molecule has 0 amide bonds. The van der Waals surface area contributed by atoms with E-state index in [1.54, 1.807) is 4.57 Å². The maximum atomic E-state index is 10.7. The Morgan fingerprint density at radius 3 is 2.95 bits per heavy atom. The molecule has 7 nitrogen and oxygen atoms in total. The van der Waals surface area contributed by atoms with Crippen LogP contribution in [0.3, 0.4) is 0 Å². The summed E-state index contributed by atoms with van der Waals surface area (Å²) in [7, 11) is 0. The average Bonchev–Trinajstić information content (AvgIpc) is 2.93. The predicted octanol–water partition coefficient (Wildman–Crippen LogP) is 2.76. The highest BCUT2D eigenvalue weighted by Crippen LogP contribution is 2.24. The van der Waals surface area contributed by atoms with Gasteiger partial charge in [0.2, 0.25) is 0 Å². The van der Waals surface area contributed by atoms with Crippen molar-refractivity contribution in [1.82, 2.24) is 9.55 Å². The van der Waals surface area contributed by atoms with Crippen LogP contribution < -0.4 is 4.74 Å². The van der Waals surface area contributed by atoms with Crippen LogP contribution >= 0.6 is 22.6 Å². The highest BCUT2D eigenvalue weighted by molar-refractivity contribution is 14.1. The van der Waals surface area contributed by atoms with Crippen molar-refractivity contribution in [1.29, 1.82) is 0 Å². The number of nitro groups is 1. The zero-order valence-corrected chi connectivity index (χ0v) is 13.8. The lowest BCUT2D eigenvalue weighted by Gasteiger charge is -2.21. The number of halogens is 1. The lowest BCUT2D eigenvalue weighted by Crippen LogP contribution is -2.30. The maximum absolute atomic E-state index is 10.7. The van der Waals surface area contributed by atoms with Gasteiger partial charge in [-0.2, -0.15) is 0 Å². The van der Waals surface area contributed by atoms with Gasteiger partial charge in [-0.3, -0.25) is 4.57 Å². The molecule has 1 aliphatic rings. The van der Waals surface area contributed by atoms with Gasteiger partial charge >= 0.3 is 11.8 Å². The first-order valence-corrected chi connectivity index (χ1v) is 7.90. The summed E-state index contributed by atoms with van der Waals surface area (Å²) in [5.74, 6) is -0.185. The fraction of sp³-hybridized carbons (Fsp3) is 0.357. The van der Waals surface area contributed by atoms with Gasteiger partial charge in [0.25, 0.3) is 0 Å². The molecule has 116 valence electrons.